The average molecular weight is 278 g/mol. The van der Waals surface area contributed by atoms with Crippen LogP contribution in [0.4, 0.5) is 5.69 Å². The molecule has 0 atom stereocenters. The second kappa shape index (κ2) is 6.36. The summed E-state index contributed by atoms with van der Waals surface area (Å²) in [4.78, 5) is 22.1. The van der Waals surface area contributed by atoms with Crippen LogP contribution in [0.1, 0.15) is 31.2 Å². The summed E-state index contributed by atoms with van der Waals surface area (Å²) >= 11 is 0. The Hall–Kier alpha value is -2.11. The van der Waals surface area contributed by atoms with Crippen LogP contribution in [0.3, 0.4) is 0 Å². The molecule has 2 rings (SSSR count). The predicted octanol–water partition coefficient (Wildman–Crippen LogP) is 2.34. The Bertz CT molecular complexity index is 510. The molecule has 0 aromatic heterocycles. The number of ether oxygens (including phenoxy) is 1. The van der Waals surface area contributed by atoms with Crippen LogP contribution in [0.25, 0.3) is 0 Å². The van der Waals surface area contributed by atoms with Crippen molar-refractivity contribution in [2.75, 3.05) is 6.61 Å². The minimum Gasteiger partial charge on any atom is -0.477 e. The Labute approximate surface area is 117 Å². The number of nitrogens with zero attached hydrogens (tertiary/aromatic N) is 1. The van der Waals surface area contributed by atoms with E-state index in [9.17, 15) is 14.9 Å². The molecule has 1 N–H and O–H groups in total. The molecule has 0 bridgehead atoms. The van der Waals surface area contributed by atoms with E-state index in [-0.39, 0.29) is 30.0 Å². The minimum absolute atomic E-state index is 0.121. The standard InChI is InChI=1S/C14H18N2O4/c1-10-6-7-12(16(18)19)13(8-10)20-9-14(17)15-11-4-2-3-5-11/h6-8,11H,2-5,9H2,1H3,(H,15,17). The van der Waals surface area contributed by atoms with E-state index in [4.69, 9.17) is 4.74 Å². The fourth-order valence-corrected chi connectivity index (χ4v) is 2.37. The van der Waals surface area contributed by atoms with Gasteiger partial charge in [-0.1, -0.05) is 18.9 Å². The molecule has 108 valence electrons. The molecule has 1 aromatic carbocycles. The van der Waals surface area contributed by atoms with E-state index in [1.165, 1.54) is 6.07 Å². The number of carbonyl (C=O) groups excluding carboxylic acids is 1. The SMILES string of the molecule is Cc1ccc([N+](=O)[O-])c(OCC(=O)NC2CCCC2)c1. The second-order valence-corrected chi connectivity index (χ2v) is 5.07. The molecule has 6 heteroatoms. The quantitative estimate of drug-likeness (QED) is 0.662. The third kappa shape index (κ3) is 3.69. The first-order chi connectivity index (χ1) is 9.56. The maximum Gasteiger partial charge on any atom is 0.310 e. The summed E-state index contributed by atoms with van der Waals surface area (Å²) in [5.41, 5.74) is 0.728. The van der Waals surface area contributed by atoms with Crippen molar-refractivity contribution in [3.8, 4) is 5.75 Å². The molecule has 0 saturated heterocycles. The van der Waals surface area contributed by atoms with Gasteiger partial charge in [0.2, 0.25) is 0 Å². The largest absolute Gasteiger partial charge is 0.477 e. The summed E-state index contributed by atoms with van der Waals surface area (Å²) in [5.74, 6) is -0.0933. The lowest BCUT2D eigenvalue weighted by molar-refractivity contribution is -0.385. The number of hydrogen-bond acceptors (Lipinski definition) is 4. The Kier molecular flexibility index (Phi) is 4.55. The van der Waals surface area contributed by atoms with Crippen molar-refractivity contribution in [1.82, 2.24) is 5.32 Å². The van der Waals surface area contributed by atoms with Gasteiger partial charge in [-0.3, -0.25) is 14.9 Å². The summed E-state index contributed by atoms with van der Waals surface area (Å²) < 4.78 is 5.30. The number of amides is 1. The fourth-order valence-electron chi connectivity index (χ4n) is 2.37. The molecular formula is C14H18N2O4. The molecule has 0 radical (unpaired) electrons. The number of rotatable bonds is 5. The van der Waals surface area contributed by atoms with Gasteiger partial charge in [0.1, 0.15) is 0 Å². The topological polar surface area (TPSA) is 81.5 Å². The number of nitrogens with one attached hydrogen (secondary N) is 1. The zero-order valence-electron chi connectivity index (χ0n) is 11.4. The highest BCUT2D eigenvalue weighted by atomic mass is 16.6. The van der Waals surface area contributed by atoms with Gasteiger partial charge in [-0.15, -0.1) is 0 Å². The molecule has 1 amide bonds. The van der Waals surface area contributed by atoms with E-state index in [1.807, 2.05) is 6.92 Å². The molecule has 0 heterocycles. The molecule has 0 aliphatic heterocycles. The smallest absolute Gasteiger partial charge is 0.310 e. The van der Waals surface area contributed by atoms with E-state index in [0.29, 0.717) is 0 Å². The van der Waals surface area contributed by atoms with E-state index in [0.717, 1.165) is 31.2 Å². The summed E-state index contributed by atoms with van der Waals surface area (Å²) in [6, 6.07) is 4.82. The normalized spacial score (nSPS) is 15.1. The van der Waals surface area contributed by atoms with Gasteiger partial charge in [0.05, 0.1) is 4.92 Å². The monoisotopic (exact) mass is 278 g/mol. The lowest BCUT2D eigenvalue weighted by Crippen LogP contribution is -2.36. The van der Waals surface area contributed by atoms with Crippen molar-refractivity contribution < 1.29 is 14.5 Å². The van der Waals surface area contributed by atoms with Crippen LogP contribution in [0.2, 0.25) is 0 Å². The lowest BCUT2D eigenvalue weighted by atomic mass is 10.2. The molecular weight excluding hydrogens is 260 g/mol. The van der Waals surface area contributed by atoms with Crippen LogP contribution in [0.5, 0.6) is 5.75 Å². The van der Waals surface area contributed by atoms with Crippen LogP contribution in [-0.4, -0.2) is 23.5 Å². The van der Waals surface area contributed by atoms with Gasteiger partial charge < -0.3 is 10.1 Å². The summed E-state index contributed by atoms with van der Waals surface area (Å²) in [7, 11) is 0. The molecule has 1 saturated carbocycles. The summed E-state index contributed by atoms with van der Waals surface area (Å²) in [6.07, 6.45) is 4.26. The minimum atomic E-state index is -0.510. The first kappa shape index (κ1) is 14.3. The average Bonchev–Trinajstić information content (AvgIpc) is 2.89. The molecule has 1 fully saturated rings. The van der Waals surface area contributed by atoms with Crippen molar-refractivity contribution >= 4 is 11.6 Å². The Morgan fingerprint density at radius 3 is 2.80 bits per heavy atom. The number of nitro benzene ring substituents is 1. The van der Waals surface area contributed by atoms with Crippen LogP contribution in [0, 0.1) is 17.0 Å². The molecule has 1 aliphatic carbocycles. The van der Waals surface area contributed by atoms with Crippen LogP contribution >= 0.6 is 0 Å². The van der Waals surface area contributed by atoms with Crippen molar-refractivity contribution in [1.29, 1.82) is 0 Å². The van der Waals surface area contributed by atoms with Gasteiger partial charge in [-0.2, -0.15) is 0 Å². The predicted molar refractivity (Wildman–Crippen MR) is 73.7 cm³/mol. The van der Waals surface area contributed by atoms with E-state index in [1.54, 1.807) is 12.1 Å². The number of hydrogen-bond donors (Lipinski definition) is 1. The molecule has 20 heavy (non-hydrogen) atoms. The van der Waals surface area contributed by atoms with Gasteiger partial charge in [0.25, 0.3) is 5.91 Å². The van der Waals surface area contributed by atoms with Crippen LogP contribution in [0.15, 0.2) is 18.2 Å². The Balaban J connectivity index is 1.94. The van der Waals surface area contributed by atoms with E-state index < -0.39 is 4.92 Å². The van der Waals surface area contributed by atoms with Gasteiger partial charge >= 0.3 is 5.69 Å². The van der Waals surface area contributed by atoms with E-state index >= 15 is 0 Å². The highest BCUT2D eigenvalue weighted by Gasteiger charge is 2.19. The molecule has 0 unspecified atom stereocenters. The fraction of sp³-hybridized carbons (Fsp3) is 0.500. The maximum absolute atomic E-state index is 11.7. The van der Waals surface area contributed by atoms with Gasteiger partial charge in [0, 0.05) is 12.1 Å². The first-order valence-electron chi connectivity index (χ1n) is 6.73. The maximum atomic E-state index is 11.7. The molecule has 0 spiro atoms. The number of aryl methyl sites for hydroxylation is 1. The highest BCUT2D eigenvalue weighted by Crippen LogP contribution is 2.27. The lowest BCUT2D eigenvalue weighted by Gasteiger charge is -2.12. The third-order valence-corrected chi connectivity index (χ3v) is 3.39. The zero-order chi connectivity index (χ0) is 14.5. The Morgan fingerprint density at radius 2 is 2.15 bits per heavy atom. The van der Waals surface area contributed by atoms with Crippen LogP contribution in [-0.2, 0) is 4.79 Å². The first-order valence-corrected chi connectivity index (χ1v) is 6.73. The van der Waals surface area contributed by atoms with Gasteiger partial charge in [-0.25, -0.2) is 0 Å². The van der Waals surface area contributed by atoms with E-state index in [2.05, 4.69) is 5.32 Å². The second-order valence-electron chi connectivity index (χ2n) is 5.07. The Morgan fingerprint density at radius 1 is 1.45 bits per heavy atom. The zero-order valence-corrected chi connectivity index (χ0v) is 11.4. The summed E-state index contributed by atoms with van der Waals surface area (Å²) in [6.45, 7) is 1.62. The number of carbonyl (C=O) groups is 1. The molecule has 6 nitrogen and oxygen atoms in total. The third-order valence-electron chi connectivity index (χ3n) is 3.39. The van der Waals surface area contributed by atoms with Crippen molar-refractivity contribution in [3.05, 3.63) is 33.9 Å². The molecule has 1 aliphatic rings. The number of nitro groups is 1. The summed E-state index contributed by atoms with van der Waals surface area (Å²) in [5, 5.41) is 13.8. The van der Waals surface area contributed by atoms with Gasteiger partial charge in [-0.05, 0) is 31.4 Å². The molecule has 1 aromatic rings. The van der Waals surface area contributed by atoms with Crippen LogP contribution < -0.4 is 10.1 Å². The van der Waals surface area contributed by atoms with Crippen molar-refractivity contribution in [3.63, 3.8) is 0 Å². The van der Waals surface area contributed by atoms with Crippen molar-refractivity contribution in [2.45, 2.75) is 38.6 Å². The van der Waals surface area contributed by atoms with Gasteiger partial charge in [0.15, 0.2) is 12.4 Å². The highest BCUT2D eigenvalue weighted by molar-refractivity contribution is 5.78. The van der Waals surface area contributed by atoms with Crippen molar-refractivity contribution in [2.24, 2.45) is 0 Å². The number of benzene rings is 1.